The van der Waals surface area contributed by atoms with Crippen LogP contribution >= 0.6 is 0 Å². The number of methoxy groups -OCH3 is 1. The second kappa shape index (κ2) is 13.2. The summed E-state index contributed by atoms with van der Waals surface area (Å²) in [5.41, 5.74) is 10.8. The van der Waals surface area contributed by atoms with Crippen molar-refractivity contribution >= 4 is 11.4 Å². The zero-order valence-electron chi connectivity index (χ0n) is 27.6. The van der Waals surface area contributed by atoms with Crippen LogP contribution in [-0.4, -0.2) is 35.3 Å². The van der Waals surface area contributed by atoms with Crippen molar-refractivity contribution in [2.75, 3.05) is 45.1 Å². The van der Waals surface area contributed by atoms with E-state index in [4.69, 9.17) is 4.74 Å². The van der Waals surface area contributed by atoms with Crippen LogP contribution < -0.4 is 14.5 Å². The van der Waals surface area contributed by atoms with Gasteiger partial charge in [-0.15, -0.1) is 0 Å². The van der Waals surface area contributed by atoms with Crippen molar-refractivity contribution in [3.05, 3.63) is 108 Å². The number of hydrogen-bond acceptors (Lipinski definition) is 3. The summed E-state index contributed by atoms with van der Waals surface area (Å²) in [6.07, 6.45) is 5.89. The molecule has 0 aromatic heterocycles. The molecule has 3 aromatic carbocycles. The van der Waals surface area contributed by atoms with Gasteiger partial charge in [-0.2, -0.15) is 0 Å². The SMILES string of the molecule is COc1c(C(C)(C)C)cc(C)cc1C(C)(C)C1=[C]([Tm]([CH2]c2ccccc2N(C)C)[CH2]c2ccccc2N(C)C)C=CC1. The number of nitrogens with zero attached hydrogens (tertiary/aromatic N) is 2. The van der Waals surface area contributed by atoms with Gasteiger partial charge in [-0.1, -0.05) is 0 Å². The molecule has 42 heavy (non-hydrogen) atoms. The van der Waals surface area contributed by atoms with Gasteiger partial charge < -0.3 is 0 Å². The molecule has 0 unspecified atom stereocenters. The average molecular weight is 721 g/mol. The molecule has 0 fully saturated rings. The van der Waals surface area contributed by atoms with Gasteiger partial charge in [0.25, 0.3) is 0 Å². The van der Waals surface area contributed by atoms with Gasteiger partial charge in [0, 0.05) is 0 Å². The van der Waals surface area contributed by atoms with Gasteiger partial charge in [0.05, 0.1) is 0 Å². The van der Waals surface area contributed by atoms with Crippen molar-refractivity contribution in [3.63, 3.8) is 0 Å². The van der Waals surface area contributed by atoms with E-state index in [2.05, 4.69) is 152 Å². The summed E-state index contributed by atoms with van der Waals surface area (Å²) >= 11 is -1.42. The fraction of sp³-hybridized carbons (Fsp3) is 0.421. The number of anilines is 2. The van der Waals surface area contributed by atoms with Crippen LogP contribution in [0.1, 0.15) is 68.9 Å². The zero-order valence-corrected chi connectivity index (χ0v) is 29.4. The quantitative estimate of drug-likeness (QED) is 0.208. The van der Waals surface area contributed by atoms with Gasteiger partial charge in [-0.3, -0.25) is 0 Å². The van der Waals surface area contributed by atoms with Crippen LogP contribution in [-0.2, 0) is 16.1 Å². The molecule has 0 aliphatic heterocycles. The second-order valence-corrected chi connectivity index (χ2v) is 17.6. The van der Waals surface area contributed by atoms with Crippen LogP contribution in [0.25, 0.3) is 0 Å². The van der Waals surface area contributed by atoms with Gasteiger partial charge in [0.1, 0.15) is 0 Å². The van der Waals surface area contributed by atoms with E-state index in [0.29, 0.717) is 0 Å². The number of para-hydroxylation sites is 2. The Labute approximate surface area is 268 Å². The number of rotatable bonds is 10. The number of aryl methyl sites for hydroxylation is 1. The summed E-state index contributed by atoms with van der Waals surface area (Å²) in [6.45, 7) is 13.9. The van der Waals surface area contributed by atoms with E-state index in [0.717, 1.165) is 17.5 Å². The van der Waals surface area contributed by atoms with Crippen molar-refractivity contribution in [2.24, 2.45) is 0 Å². The van der Waals surface area contributed by atoms with Crippen molar-refractivity contribution in [3.8, 4) is 5.75 Å². The summed E-state index contributed by atoms with van der Waals surface area (Å²) < 4.78 is 10.1. The van der Waals surface area contributed by atoms with E-state index in [1.807, 2.05) is 7.11 Å². The number of hydrogen-bond donors (Lipinski definition) is 0. The fourth-order valence-electron chi connectivity index (χ4n) is 5.79. The van der Waals surface area contributed by atoms with Crippen LogP contribution in [0.3, 0.4) is 0 Å². The minimum absolute atomic E-state index is 0.00416. The molecule has 0 spiro atoms. The molecule has 0 bridgehead atoms. The first-order valence-electron chi connectivity index (χ1n) is 14.8. The molecule has 232 valence electrons. The first-order valence-corrected chi connectivity index (χ1v) is 18.2. The molecular formula is C38H51N2OTm. The molecule has 0 atom stereocenters. The number of ether oxygens (including phenoxy) is 1. The fourth-order valence-corrected chi connectivity index (χ4v) is 11.5. The molecule has 0 saturated heterocycles. The van der Waals surface area contributed by atoms with Crippen molar-refractivity contribution < 1.29 is 35.9 Å². The molecule has 4 heteroatoms. The van der Waals surface area contributed by atoms with Gasteiger partial charge in [-0.05, 0) is 0 Å². The van der Waals surface area contributed by atoms with E-state index in [9.17, 15) is 0 Å². The molecule has 0 heterocycles. The summed E-state index contributed by atoms with van der Waals surface area (Å²) in [5.74, 6) is 1.05. The molecule has 0 N–H and O–H groups in total. The monoisotopic (exact) mass is 720 g/mol. The minimum atomic E-state index is -1.42. The number of allylic oxidation sites excluding steroid dienone is 4. The maximum absolute atomic E-state index is 6.23. The first kappa shape index (κ1) is 32.7. The molecule has 4 rings (SSSR count). The Balaban J connectivity index is 1.91. The van der Waals surface area contributed by atoms with E-state index < -0.39 is 31.1 Å². The van der Waals surface area contributed by atoms with Crippen LogP contribution in [0.15, 0.2) is 80.2 Å². The second-order valence-electron chi connectivity index (χ2n) is 13.2. The van der Waals surface area contributed by atoms with E-state index in [1.165, 1.54) is 39.2 Å². The van der Waals surface area contributed by atoms with Crippen molar-refractivity contribution in [1.29, 1.82) is 0 Å². The Morgan fingerprint density at radius 1 is 0.762 bits per heavy atom. The summed E-state index contributed by atoms with van der Waals surface area (Å²) in [4.78, 5) is 4.53. The molecule has 0 radical (unpaired) electrons. The van der Waals surface area contributed by atoms with Crippen LogP contribution in [0.4, 0.5) is 11.4 Å². The standard InChI is InChI=1S/C20H27O.2C9H12N.Tm/c1-14-12-16(19(2,3)4)18(21-7)17(13-14)20(5,6)15-10-8-9-11-15;2*1-8-6-4-5-7-9(8)10(2)3;/h8-9,12-13H,10H2,1-7H3;2*4-7H,1H2,2-3H3;. The molecule has 3 nitrogen and oxygen atoms in total. The van der Waals surface area contributed by atoms with Gasteiger partial charge in [-0.25, -0.2) is 0 Å². The van der Waals surface area contributed by atoms with Crippen molar-refractivity contribution in [2.45, 2.75) is 64.1 Å². The molecular weight excluding hydrogens is 669 g/mol. The van der Waals surface area contributed by atoms with Gasteiger partial charge in [0.2, 0.25) is 0 Å². The Hall–Kier alpha value is -2.23. The Morgan fingerprint density at radius 3 is 1.74 bits per heavy atom. The van der Waals surface area contributed by atoms with Crippen LogP contribution in [0, 0.1) is 38.0 Å². The Kier molecular flexibility index (Phi) is 10.3. The third-order valence-corrected chi connectivity index (χ3v) is 13.2. The predicted molar refractivity (Wildman–Crippen MR) is 179 cm³/mol. The molecule has 3 aromatic rings. The van der Waals surface area contributed by atoms with E-state index in [1.54, 1.807) is 7.37 Å². The summed E-state index contributed by atoms with van der Waals surface area (Å²) in [7, 11) is 10.5. The summed E-state index contributed by atoms with van der Waals surface area (Å²) in [5, 5.41) is 0. The zero-order chi connectivity index (χ0) is 30.8. The topological polar surface area (TPSA) is 15.7 Å². The van der Waals surface area contributed by atoms with Crippen molar-refractivity contribution in [1.82, 2.24) is 0 Å². The Bertz CT molecular complexity index is 1420. The Morgan fingerprint density at radius 2 is 1.26 bits per heavy atom. The summed E-state index contributed by atoms with van der Waals surface area (Å²) in [6, 6.07) is 22.6. The van der Waals surface area contributed by atoms with Gasteiger partial charge >= 0.3 is 270 Å². The third-order valence-electron chi connectivity index (χ3n) is 8.11. The average Bonchev–Trinajstić information content (AvgIpc) is 3.43. The molecule has 0 saturated carbocycles. The third kappa shape index (κ3) is 6.94. The van der Waals surface area contributed by atoms with Crippen LogP contribution in [0.2, 0.25) is 0 Å². The van der Waals surface area contributed by atoms with E-state index in [-0.39, 0.29) is 10.8 Å². The molecule has 0 amide bonds. The number of benzene rings is 3. The first-order chi connectivity index (χ1) is 19.8. The predicted octanol–water partition coefficient (Wildman–Crippen LogP) is 8.95. The molecule has 1 aliphatic rings. The normalized spacial score (nSPS) is 13.9. The molecule has 1 aliphatic carbocycles. The van der Waals surface area contributed by atoms with Gasteiger partial charge in [0.15, 0.2) is 0 Å². The van der Waals surface area contributed by atoms with Crippen LogP contribution in [0.5, 0.6) is 5.75 Å². The van der Waals surface area contributed by atoms with E-state index >= 15 is 0 Å². The maximum atomic E-state index is 6.23.